The molecule has 2 rings (SSSR count). The molecule has 0 amide bonds. The minimum atomic E-state index is 0.648. The Bertz CT molecular complexity index is 608. The Morgan fingerprint density at radius 2 is 2.06 bits per heavy atom. The number of para-hydroxylation sites is 1. The van der Waals surface area contributed by atoms with Crippen molar-refractivity contribution in [2.45, 2.75) is 6.92 Å². The van der Waals surface area contributed by atoms with Gasteiger partial charge in [-0.05, 0) is 25.3 Å². The van der Waals surface area contributed by atoms with Gasteiger partial charge in [0.05, 0.1) is 16.9 Å². The summed E-state index contributed by atoms with van der Waals surface area (Å²) < 4.78 is 0.648. The number of hydrazone groups is 1. The van der Waals surface area contributed by atoms with Gasteiger partial charge in [0, 0.05) is 5.39 Å². The fraction of sp³-hybridized carbons (Fsp3) is 0.154. The zero-order valence-electron chi connectivity index (χ0n) is 10.2. The number of pyridine rings is 1. The monoisotopic (exact) mass is 275 g/mol. The highest BCUT2D eigenvalue weighted by Crippen LogP contribution is 2.12. The molecule has 0 aliphatic rings. The normalized spacial score (nSPS) is 11.6. The molecule has 0 saturated heterocycles. The number of thioether (sulfide) groups is 1. The quantitative estimate of drug-likeness (QED) is 0.519. The van der Waals surface area contributed by atoms with Gasteiger partial charge in [-0.3, -0.25) is 5.43 Å². The molecule has 1 N–H and O–H groups in total. The van der Waals surface area contributed by atoms with Crippen LogP contribution in [0.3, 0.4) is 0 Å². The van der Waals surface area contributed by atoms with Crippen LogP contribution < -0.4 is 5.43 Å². The first-order valence-electron chi connectivity index (χ1n) is 5.45. The van der Waals surface area contributed by atoms with E-state index in [4.69, 9.17) is 12.2 Å². The van der Waals surface area contributed by atoms with Gasteiger partial charge >= 0.3 is 0 Å². The van der Waals surface area contributed by atoms with E-state index in [2.05, 4.69) is 15.5 Å². The molecule has 92 valence electrons. The third-order valence-electron chi connectivity index (χ3n) is 2.47. The first kappa shape index (κ1) is 13.0. The lowest BCUT2D eigenvalue weighted by Crippen LogP contribution is -2.13. The minimum absolute atomic E-state index is 0.648. The van der Waals surface area contributed by atoms with E-state index in [9.17, 15) is 0 Å². The first-order chi connectivity index (χ1) is 8.70. The van der Waals surface area contributed by atoms with Gasteiger partial charge in [-0.15, -0.1) is 0 Å². The number of benzene rings is 1. The molecule has 0 bridgehead atoms. The van der Waals surface area contributed by atoms with Crippen molar-refractivity contribution in [3.05, 3.63) is 42.1 Å². The summed E-state index contributed by atoms with van der Waals surface area (Å²) in [5.41, 5.74) is 5.46. The van der Waals surface area contributed by atoms with E-state index in [-0.39, 0.29) is 0 Å². The van der Waals surface area contributed by atoms with Crippen LogP contribution in [0.5, 0.6) is 0 Å². The van der Waals surface area contributed by atoms with Crippen LogP contribution in [0.15, 0.2) is 41.5 Å². The Labute approximate surface area is 116 Å². The van der Waals surface area contributed by atoms with Crippen molar-refractivity contribution in [1.29, 1.82) is 0 Å². The average molecular weight is 275 g/mol. The third-order valence-corrected chi connectivity index (χ3v) is 3.52. The average Bonchev–Trinajstić information content (AvgIpc) is 2.43. The molecular weight excluding hydrogens is 262 g/mol. The number of hydrogen-bond acceptors (Lipinski definition) is 4. The molecule has 0 radical (unpaired) electrons. The van der Waals surface area contributed by atoms with Crippen LogP contribution in [0.4, 0.5) is 0 Å². The standard InChI is InChI=1S/C13H13N3S2/c1-9(15-16-13(17)18-2)11-8-7-10-5-3-4-6-12(10)14-11/h3-8H,1-2H3,(H,16,17). The summed E-state index contributed by atoms with van der Waals surface area (Å²) in [6.07, 6.45) is 1.91. The lowest BCUT2D eigenvalue weighted by atomic mass is 10.2. The van der Waals surface area contributed by atoms with Gasteiger partial charge in [0.2, 0.25) is 0 Å². The van der Waals surface area contributed by atoms with Gasteiger partial charge in [-0.2, -0.15) is 5.10 Å². The largest absolute Gasteiger partial charge is 0.262 e. The summed E-state index contributed by atoms with van der Waals surface area (Å²) in [5.74, 6) is 0. The predicted molar refractivity (Wildman–Crippen MR) is 83.2 cm³/mol. The minimum Gasteiger partial charge on any atom is -0.262 e. The number of hydrogen-bond donors (Lipinski definition) is 1. The topological polar surface area (TPSA) is 37.3 Å². The number of nitrogens with one attached hydrogen (secondary N) is 1. The summed E-state index contributed by atoms with van der Waals surface area (Å²) in [7, 11) is 0. The van der Waals surface area contributed by atoms with E-state index < -0.39 is 0 Å². The Morgan fingerprint density at radius 1 is 1.28 bits per heavy atom. The maximum Gasteiger partial charge on any atom is 0.153 e. The number of thiocarbonyl (C=S) groups is 1. The second-order valence-corrected chi connectivity index (χ2v) is 5.17. The molecule has 1 aromatic heterocycles. The lowest BCUT2D eigenvalue weighted by molar-refractivity contribution is 1.05. The van der Waals surface area contributed by atoms with E-state index in [1.165, 1.54) is 11.8 Å². The Balaban J connectivity index is 2.27. The SMILES string of the molecule is CSC(=S)NN=C(C)c1ccc2ccccc2n1. The summed E-state index contributed by atoms with van der Waals surface area (Å²) in [6, 6.07) is 12.0. The lowest BCUT2D eigenvalue weighted by Gasteiger charge is -2.03. The van der Waals surface area contributed by atoms with Gasteiger partial charge < -0.3 is 0 Å². The maximum absolute atomic E-state index is 5.02. The van der Waals surface area contributed by atoms with E-state index in [0.29, 0.717) is 4.32 Å². The Hall–Kier alpha value is -1.46. The van der Waals surface area contributed by atoms with Crippen molar-refractivity contribution in [2.24, 2.45) is 5.10 Å². The van der Waals surface area contributed by atoms with Gasteiger partial charge in [0.15, 0.2) is 4.32 Å². The maximum atomic E-state index is 5.02. The van der Waals surface area contributed by atoms with Crippen molar-refractivity contribution < 1.29 is 0 Å². The smallest absolute Gasteiger partial charge is 0.153 e. The molecule has 1 aromatic carbocycles. The molecule has 1 heterocycles. The second kappa shape index (κ2) is 5.93. The van der Waals surface area contributed by atoms with Gasteiger partial charge in [-0.25, -0.2) is 4.98 Å². The molecule has 0 aliphatic heterocycles. The summed E-state index contributed by atoms with van der Waals surface area (Å²) in [5, 5.41) is 5.34. The summed E-state index contributed by atoms with van der Waals surface area (Å²) in [4.78, 5) is 4.56. The zero-order valence-corrected chi connectivity index (χ0v) is 11.8. The molecular formula is C13H13N3S2. The molecule has 2 aromatic rings. The van der Waals surface area contributed by atoms with E-state index in [1.54, 1.807) is 0 Å². The molecule has 18 heavy (non-hydrogen) atoms. The predicted octanol–water partition coefficient (Wildman–Crippen LogP) is 3.20. The van der Waals surface area contributed by atoms with Crippen LogP contribution in [-0.2, 0) is 0 Å². The van der Waals surface area contributed by atoms with Gasteiger partial charge in [0.25, 0.3) is 0 Å². The highest BCUT2D eigenvalue weighted by molar-refractivity contribution is 8.22. The van der Waals surface area contributed by atoms with Crippen LogP contribution in [0.2, 0.25) is 0 Å². The molecule has 0 aliphatic carbocycles. The van der Waals surface area contributed by atoms with Gasteiger partial charge in [-0.1, -0.05) is 48.2 Å². The number of rotatable bonds is 2. The van der Waals surface area contributed by atoms with Crippen molar-refractivity contribution in [2.75, 3.05) is 6.26 Å². The molecule has 0 unspecified atom stereocenters. The van der Waals surface area contributed by atoms with Crippen LogP contribution in [0, 0.1) is 0 Å². The van der Waals surface area contributed by atoms with Crippen molar-refractivity contribution >= 4 is 44.9 Å². The number of nitrogens with zero attached hydrogens (tertiary/aromatic N) is 2. The first-order valence-corrected chi connectivity index (χ1v) is 7.08. The fourth-order valence-electron chi connectivity index (χ4n) is 1.50. The summed E-state index contributed by atoms with van der Waals surface area (Å²) in [6.45, 7) is 1.91. The van der Waals surface area contributed by atoms with Crippen molar-refractivity contribution in [3.8, 4) is 0 Å². The van der Waals surface area contributed by atoms with Crippen LogP contribution in [-0.4, -0.2) is 21.3 Å². The van der Waals surface area contributed by atoms with Crippen LogP contribution >= 0.6 is 24.0 Å². The van der Waals surface area contributed by atoms with E-state index in [0.717, 1.165) is 22.3 Å². The number of aromatic nitrogens is 1. The Morgan fingerprint density at radius 3 is 2.83 bits per heavy atom. The number of fused-ring (bicyclic) bond motifs is 1. The van der Waals surface area contributed by atoms with Crippen molar-refractivity contribution in [1.82, 2.24) is 10.4 Å². The Kier molecular flexibility index (Phi) is 4.28. The van der Waals surface area contributed by atoms with E-state index in [1.807, 2.05) is 49.6 Å². The zero-order chi connectivity index (χ0) is 13.0. The van der Waals surface area contributed by atoms with E-state index >= 15 is 0 Å². The molecule has 3 nitrogen and oxygen atoms in total. The molecule has 0 saturated carbocycles. The van der Waals surface area contributed by atoms with Crippen LogP contribution in [0.25, 0.3) is 10.9 Å². The molecule has 0 atom stereocenters. The molecule has 0 fully saturated rings. The highest BCUT2D eigenvalue weighted by Gasteiger charge is 2.01. The second-order valence-electron chi connectivity index (χ2n) is 3.69. The highest BCUT2D eigenvalue weighted by atomic mass is 32.2. The molecule has 5 heteroatoms. The van der Waals surface area contributed by atoms with Crippen LogP contribution in [0.1, 0.15) is 12.6 Å². The fourth-order valence-corrected chi connectivity index (χ4v) is 1.68. The van der Waals surface area contributed by atoms with Crippen molar-refractivity contribution in [3.63, 3.8) is 0 Å². The third kappa shape index (κ3) is 3.05. The molecule has 0 spiro atoms. The van der Waals surface area contributed by atoms with Gasteiger partial charge in [0.1, 0.15) is 0 Å². The summed E-state index contributed by atoms with van der Waals surface area (Å²) >= 11 is 6.48.